The van der Waals surface area contributed by atoms with E-state index in [2.05, 4.69) is 109 Å². The van der Waals surface area contributed by atoms with E-state index in [1.807, 2.05) is 202 Å². The summed E-state index contributed by atoms with van der Waals surface area (Å²) >= 11 is 24.9. The van der Waals surface area contributed by atoms with Gasteiger partial charge in [0.15, 0.2) is 12.6 Å². The van der Waals surface area contributed by atoms with Crippen LogP contribution in [0.5, 0.6) is 17.2 Å². The van der Waals surface area contributed by atoms with Gasteiger partial charge >= 0.3 is 6.03 Å². The average molecular weight is 2270 g/mol. The molecule has 3 saturated heterocycles. The van der Waals surface area contributed by atoms with Crippen LogP contribution in [0, 0.1) is 5.92 Å². The summed E-state index contributed by atoms with van der Waals surface area (Å²) in [4.78, 5) is 24.0. The molecule has 0 bridgehead atoms. The van der Waals surface area contributed by atoms with E-state index in [0.717, 1.165) is 95.9 Å². The van der Waals surface area contributed by atoms with Gasteiger partial charge in [-0.25, -0.2) is 25.1 Å². The summed E-state index contributed by atoms with van der Waals surface area (Å²) in [5, 5.41) is 26.4. The molecule has 8 rings (SSSR count). The van der Waals surface area contributed by atoms with E-state index in [0.29, 0.717) is 183 Å². The van der Waals surface area contributed by atoms with Crippen molar-refractivity contribution in [1.29, 1.82) is 0 Å². The minimum Gasteiger partial charge on any atom is -0.497 e. The summed E-state index contributed by atoms with van der Waals surface area (Å²) in [6, 6.07) is 44.9. The van der Waals surface area contributed by atoms with Gasteiger partial charge in [0.2, 0.25) is 5.91 Å². The summed E-state index contributed by atoms with van der Waals surface area (Å²) < 4.78 is 137. The highest BCUT2D eigenvalue weighted by Crippen LogP contribution is 2.53. The zero-order chi connectivity index (χ0) is 110. The van der Waals surface area contributed by atoms with Crippen LogP contribution in [0.1, 0.15) is 223 Å². The smallest absolute Gasteiger partial charge is 0.315 e. The molecule has 852 valence electrons. The predicted octanol–water partition coefficient (Wildman–Crippen LogP) is 19.7. The third-order valence-electron chi connectivity index (χ3n) is 21.8. The molecule has 12 unspecified atom stereocenters. The maximum atomic E-state index is 12.4. The van der Waals surface area contributed by atoms with E-state index in [1.54, 1.807) is 42.7 Å². The maximum absolute atomic E-state index is 12.4. The molecular weight excluding hydrogens is 2090 g/mol. The Morgan fingerprint density at radius 3 is 1.49 bits per heavy atom. The van der Waals surface area contributed by atoms with Crippen LogP contribution in [-0.2, 0) is 155 Å². The molecule has 149 heavy (non-hydrogen) atoms. The van der Waals surface area contributed by atoms with E-state index < -0.39 is 48.9 Å². The third kappa shape index (κ3) is 58.5. The first-order valence-corrected chi connectivity index (χ1v) is 63.6. The number of ether oxygens (including phenoxy) is 16. The molecular formula is C106H182N8O26P4S5. The molecule has 34 nitrogen and oxygen atoms in total. The number of hydrogen-bond acceptors (Lipinski definition) is 32. The number of fused-ring (bicyclic) bond motifs is 1. The lowest BCUT2D eigenvalue weighted by atomic mass is 9.77. The van der Waals surface area contributed by atoms with Crippen LogP contribution in [-0.4, -0.2) is 289 Å². The van der Waals surface area contributed by atoms with Gasteiger partial charge in [-0.1, -0.05) is 104 Å². The highest BCUT2D eigenvalue weighted by molar-refractivity contribution is 8.10. The lowest BCUT2D eigenvalue weighted by Gasteiger charge is -2.37. The fourth-order valence-electron chi connectivity index (χ4n) is 15.2. The van der Waals surface area contributed by atoms with Crippen molar-refractivity contribution in [3.63, 3.8) is 0 Å². The Kier molecular flexibility index (Phi) is 67.1. The van der Waals surface area contributed by atoms with Crippen molar-refractivity contribution in [2.75, 3.05) is 213 Å². The number of carbonyl (C=O) groups excluding carboxylic acids is 2. The lowest BCUT2D eigenvalue weighted by molar-refractivity contribution is -0.121. The number of unbranched alkanes of at least 4 members (excludes halogenated alkanes) is 1. The molecule has 3 amide bonds. The van der Waals surface area contributed by atoms with Gasteiger partial charge in [-0.05, 0) is 269 Å². The number of nitrogens with one attached hydrogen (secondary N) is 8. The van der Waals surface area contributed by atoms with Crippen LogP contribution in [0.2, 0.25) is 0 Å². The lowest BCUT2D eigenvalue weighted by Crippen LogP contribution is -2.46. The van der Waals surface area contributed by atoms with E-state index in [4.69, 9.17) is 159 Å². The van der Waals surface area contributed by atoms with Crippen LogP contribution in [0.3, 0.4) is 0 Å². The van der Waals surface area contributed by atoms with Crippen LogP contribution in [0.4, 0.5) is 4.79 Å². The van der Waals surface area contributed by atoms with Gasteiger partial charge in [0.1, 0.15) is 23.9 Å². The van der Waals surface area contributed by atoms with E-state index in [9.17, 15) is 9.59 Å². The minimum atomic E-state index is -2.79. The van der Waals surface area contributed by atoms with E-state index >= 15 is 0 Å². The van der Waals surface area contributed by atoms with E-state index in [-0.39, 0.29) is 72.5 Å². The predicted molar refractivity (Wildman–Crippen MR) is 609 cm³/mol. The van der Waals surface area contributed by atoms with Crippen LogP contribution < -0.4 is 55.8 Å². The van der Waals surface area contributed by atoms with Crippen molar-refractivity contribution in [2.45, 2.75) is 265 Å². The Morgan fingerprint density at radius 2 is 0.953 bits per heavy atom. The van der Waals surface area contributed by atoms with Gasteiger partial charge in [-0.2, -0.15) is 11.8 Å². The zero-order valence-corrected chi connectivity index (χ0v) is 101. The maximum Gasteiger partial charge on any atom is 0.315 e. The topological polar surface area (TPSA) is 352 Å². The molecule has 5 aromatic carbocycles. The van der Waals surface area contributed by atoms with Crippen molar-refractivity contribution in [1.82, 2.24) is 41.6 Å². The SMILES string of the molecule is CCOCC(C)COP(=S)(NCCOc1ccc(C(OC)OC)cc1)OC(C)(C)C.CCOCCOCCOCCOCCOCCOP(=S)(NCCC(CCNC(=O)CCCC1SCC2NC(=O)NC21)OC)OC(C)(C)C.COCCC(C)OP(=S)(NCCCCC1COC(c2ccc(OC)cc2)O1)OC(C)(C)C.COc1ccc(C(NCCOCCNP(=S)(OC(C)C)OC(C)(C)C)(c2ccccc2)c2ccccc2)cc1. The number of amides is 3. The Morgan fingerprint density at radius 1 is 0.470 bits per heavy atom. The van der Waals surface area contributed by atoms with Crippen LogP contribution in [0.25, 0.3) is 0 Å². The Hall–Kier alpha value is -3.85. The summed E-state index contributed by atoms with van der Waals surface area (Å²) in [6.07, 6.45) is 6.47. The normalized spacial score (nSPS) is 18.2. The first-order chi connectivity index (χ1) is 70.9. The zero-order valence-electron chi connectivity index (χ0n) is 93.2. The molecule has 0 aliphatic carbocycles. The number of hydrogen-bond donors (Lipinski definition) is 8. The average Bonchev–Trinajstić information content (AvgIpc) is 0.850. The second-order valence-electron chi connectivity index (χ2n) is 39.8. The first-order valence-electron chi connectivity index (χ1n) is 52.0. The number of thioether (sulfide) groups is 1. The standard InChI is InChI=1S/C31H61N4O10PS2.C31H43N2O4PS.C23H40NO6PS.C21H38NO6PS/c1-6-39-14-15-40-16-17-41-18-19-42-20-21-43-22-23-44-46(47,45-31(2,3)4)33-13-11-25(38-5)10-12-32-28(36)9-7-8-27-29-26(24-48-27)34-30(37)35-29;1-25(2)36-38(39,37-30(3,4)5)33-22-24-35-23-21-32-31(26-13-9-7-10-14-26,27-15-11-8-12-16-27)28-17-19-29(34-6)20-18-28;1-18(14-16-25-5)29-31(32,30-23(2,3)4)24-15-8-7-9-21-17-27-22(28-21)19-10-12-20(26-6)13-11-19;1-8-25-15-17(2)16-27-29(30,28-21(3,4)5)22-13-14-26-19-11-9-18(10-12-19)20(23-6)24-7/h25-27,29H,6-24H2,1-5H3,(H,32,36)(H,33,47)(H2,34,35,37);7-20,25,32H,21-24H2,1-6H3,(H,33,39);10-13,18,21-22H,7-9,14-17H2,1-6H3,(H,24,32);9-12,17,20H,8,13-16H2,1-7H3,(H,22,30). The second-order valence-corrected chi connectivity index (χ2v) is 53.7. The fourth-order valence-corrected chi connectivity index (χ4v) is 29.0. The molecule has 8 N–H and O–H groups in total. The molecule has 43 heteroatoms. The van der Waals surface area contributed by atoms with Gasteiger partial charge < -0.3 is 128 Å². The monoisotopic (exact) mass is 2270 g/mol. The number of urea groups is 1. The minimum absolute atomic E-state index is 0.0298. The van der Waals surface area contributed by atoms with E-state index in [1.165, 1.54) is 0 Å². The Balaban J connectivity index is 0.000000355. The quantitative estimate of drug-likeness (QED) is 0.00589. The van der Waals surface area contributed by atoms with Gasteiger partial charge in [-0.15, -0.1) is 0 Å². The highest BCUT2D eigenvalue weighted by Gasteiger charge is 2.43. The van der Waals surface area contributed by atoms with Crippen molar-refractivity contribution in [2.24, 2.45) is 5.92 Å². The molecule has 0 radical (unpaired) electrons. The fraction of sp³-hybridized carbons (Fsp3) is 0.698. The Labute approximate surface area is 916 Å². The molecule has 3 heterocycles. The molecule has 0 aromatic heterocycles. The second kappa shape index (κ2) is 73.7. The van der Waals surface area contributed by atoms with Crippen LogP contribution >= 0.6 is 38.3 Å². The highest BCUT2D eigenvalue weighted by atomic mass is 32.5. The number of rotatable bonds is 74. The molecule has 3 fully saturated rings. The van der Waals surface area contributed by atoms with Crippen molar-refractivity contribution in [3.8, 4) is 17.2 Å². The molecule has 12 atom stereocenters. The first kappa shape index (κ1) is 136. The van der Waals surface area contributed by atoms with Gasteiger partial charge in [0.05, 0.1) is 178 Å². The number of benzene rings is 5. The number of carbonyl (C=O) groups is 2. The van der Waals surface area contributed by atoms with Crippen LogP contribution in [0.15, 0.2) is 133 Å². The third-order valence-corrected chi connectivity index (χ3v) is 34.8. The molecule has 5 aromatic rings. The Bertz CT molecular complexity index is 4530. The molecule has 3 aliphatic heterocycles. The molecule has 0 spiro atoms. The number of methoxy groups -OCH3 is 6. The van der Waals surface area contributed by atoms with Gasteiger partial charge in [0, 0.05) is 122 Å². The summed E-state index contributed by atoms with van der Waals surface area (Å²) in [7, 11) is 9.91. The summed E-state index contributed by atoms with van der Waals surface area (Å²) in [5.74, 6) is 3.59. The summed E-state index contributed by atoms with van der Waals surface area (Å²) in [5.41, 5.74) is 3.10. The van der Waals surface area contributed by atoms with Gasteiger partial charge in [-0.3, -0.25) is 10.1 Å². The van der Waals surface area contributed by atoms with Crippen molar-refractivity contribution >= 4 is 97.5 Å². The summed E-state index contributed by atoms with van der Waals surface area (Å²) in [6.45, 7) is 38.3. The largest absolute Gasteiger partial charge is 0.497 e. The van der Waals surface area contributed by atoms with Crippen molar-refractivity contribution < 1.29 is 122 Å². The molecule has 3 aliphatic rings. The van der Waals surface area contributed by atoms with Gasteiger partial charge in [0.25, 0.3) is 26.6 Å². The van der Waals surface area contributed by atoms with Crippen molar-refractivity contribution in [3.05, 3.63) is 161 Å². The molecule has 0 saturated carbocycles.